The molecule has 0 aliphatic carbocycles. The SMILES string of the molecule is CC(N)Cc1ccccc1.O=C(O)c1cc(O)c(O)c(O)c1. The maximum absolute atomic E-state index is 10.3. The molecule has 22 heavy (non-hydrogen) atoms. The zero-order valence-electron chi connectivity index (χ0n) is 12.1. The molecule has 6 N–H and O–H groups in total. The molecule has 0 heterocycles. The minimum atomic E-state index is -1.29. The lowest BCUT2D eigenvalue weighted by Gasteiger charge is -2.02. The lowest BCUT2D eigenvalue weighted by Crippen LogP contribution is -2.17. The van der Waals surface area contributed by atoms with Crippen LogP contribution >= 0.6 is 0 Å². The zero-order valence-corrected chi connectivity index (χ0v) is 12.1. The Kier molecular flexibility index (Phi) is 6.22. The van der Waals surface area contributed by atoms with Gasteiger partial charge in [-0.2, -0.15) is 0 Å². The molecule has 0 fully saturated rings. The first-order valence-electron chi connectivity index (χ1n) is 6.59. The molecule has 0 aromatic heterocycles. The fourth-order valence-electron chi connectivity index (χ4n) is 1.71. The Bertz CT molecular complexity index is 603. The largest absolute Gasteiger partial charge is 0.504 e. The maximum atomic E-state index is 10.3. The van der Waals surface area contributed by atoms with Crippen molar-refractivity contribution in [3.8, 4) is 17.2 Å². The Morgan fingerprint density at radius 2 is 1.59 bits per heavy atom. The minimum Gasteiger partial charge on any atom is -0.504 e. The second-order valence-corrected chi connectivity index (χ2v) is 4.84. The van der Waals surface area contributed by atoms with Crippen molar-refractivity contribution in [2.45, 2.75) is 19.4 Å². The molecule has 2 aromatic rings. The Labute approximate surface area is 128 Å². The molecular formula is C16H19NO5. The monoisotopic (exact) mass is 305 g/mol. The molecule has 0 saturated carbocycles. The summed E-state index contributed by atoms with van der Waals surface area (Å²) < 4.78 is 0. The smallest absolute Gasteiger partial charge is 0.335 e. The van der Waals surface area contributed by atoms with E-state index in [2.05, 4.69) is 12.1 Å². The predicted octanol–water partition coefficient (Wildman–Crippen LogP) is 2.08. The number of hydrogen-bond donors (Lipinski definition) is 5. The topological polar surface area (TPSA) is 124 Å². The van der Waals surface area contributed by atoms with E-state index in [0.29, 0.717) is 0 Å². The first kappa shape index (κ1) is 17.3. The van der Waals surface area contributed by atoms with Crippen molar-refractivity contribution in [2.75, 3.05) is 0 Å². The number of hydrogen-bond acceptors (Lipinski definition) is 5. The van der Waals surface area contributed by atoms with Crippen LogP contribution in [-0.2, 0) is 6.42 Å². The Morgan fingerprint density at radius 1 is 1.09 bits per heavy atom. The molecule has 2 rings (SSSR count). The second-order valence-electron chi connectivity index (χ2n) is 4.84. The van der Waals surface area contributed by atoms with Gasteiger partial charge in [0.15, 0.2) is 17.2 Å². The summed E-state index contributed by atoms with van der Waals surface area (Å²) >= 11 is 0. The van der Waals surface area contributed by atoms with Crippen molar-refractivity contribution < 1.29 is 25.2 Å². The number of phenols is 3. The fraction of sp³-hybridized carbons (Fsp3) is 0.188. The highest BCUT2D eigenvalue weighted by molar-refractivity contribution is 5.89. The van der Waals surface area contributed by atoms with Gasteiger partial charge in [-0.3, -0.25) is 0 Å². The molecule has 6 nitrogen and oxygen atoms in total. The van der Waals surface area contributed by atoms with Crippen molar-refractivity contribution in [2.24, 2.45) is 5.73 Å². The molecule has 0 aliphatic heterocycles. The van der Waals surface area contributed by atoms with Gasteiger partial charge in [0, 0.05) is 6.04 Å². The van der Waals surface area contributed by atoms with Crippen LogP contribution in [-0.4, -0.2) is 32.4 Å². The van der Waals surface area contributed by atoms with E-state index in [1.807, 2.05) is 25.1 Å². The van der Waals surface area contributed by atoms with Crippen LogP contribution < -0.4 is 5.73 Å². The van der Waals surface area contributed by atoms with Crippen molar-refractivity contribution in [1.29, 1.82) is 0 Å². The quantitative estimate of drug-likeness (QED) is 0.553. The zero-order chi connectivity index (χ0) is 16.7. The summed E-state index contributed by atoms with van der Waals surface area (Å²) in [6, 6.07) is 12.3. The molecular weight excluding hydrogens is 286 g/mol. The maximum Gasteiger partial charge on any atom is 0.335 e. The van der Waals surface area contributed by atoms with Crippen molar-refractivity contribution in [1.82, 2.24) is 0 Å². The standard InChI is InChI=1S/C9H13N.C7H6O5/c1-8(10)7-9-5-3-2-4-6-9;8-4-1-3(7(11)12)2-5(9)6(4)10/h2-6,8H,7,10H2,1H3;1-2,8-10H,(H,11,12). The average molecular weight is 305 g/mol. The summed E-state index contributed by atoms with van der Waals surface area (Å²) in [7, 11) is 0. The molecule has 0 aliphatic rings. The predicted molar refractivity (Wildman–Crippen MR) is 82.2 cm³/mol. The van der Waals surface area contributed by atoms with Crippen LogP contribution in [0.15, 0.2) is 42.5 Å². The highest BCUT2D eigenvalue weighted by Gasteiger charge is 2.11. The van der Waals surface area contributed by atoms with Crippen molar-refractivity contribution >= 4 is 5.97 Å². The Balaban J connectivity index is 0.000000224. The van der Waals surface area contributed by atoms with Crippen LogP contribution in [0.1, 0.15) is 22.8 Å². The van der Waals surface area contributed by atoms with Gasteiger partial charge in [0.25, 0.3) is 0 Å². The van der Waals surface area contributed by atoms with Gasteiger partial charge in [0.05, 0.1) is 5.56 Å². The number of rotatable bonds is 3. The third-order valence-electron chi connectivity index (χ3n) is 2.72. The average Bonchev–Trinajstić information content (AvgIpc) is 2.45. The number of carbonyl (C=O) groups is 1. The molecule has 0 spiro atoms. The summed E-state index contributed by atoms with van der Waals surface area (Å²) in [6.07, 6.45) is 0.973. The number of benzene rings is 2. The Morgan fingerprint density at radius 3 is 2.00 bits per heavy atom. The van der Waals surface area contributed by atoms with Crippen LogP contribution in [0, 0.1) is 0 Å². The number of aromatic carboxylic acids is 1. The van der Waals surface area contributed by atoms with Crippen molar-refractivity contribution in [3.05, 3.63) is 53.6 Å². The van der Waals surface area contributed by atoms with Gasteiger partial charge in [0.1, 0.15) is 0 Å². The summed E-state index contributed by atoms with van der Waals surface area (Å²) in [5.41, 5.74) is 6.65. The van der Waals surface area contributed by atoms with E-state index in [4.69, 9.17) is 26.2 Å². The van der Waals surface area contributed by atoms with Crippen molar-refractivity contribution in [3.63, 3.8) is 0 Å². The van der Waals surface area contributed by atoms with E-state index in [9.17, 15) is 4.79 Å². The van der Waals surface area contributed by atoms with Gasteiger partial charge >= 0.3 is 5.97 Å². The van der Waals surface area contributed by atoms with Gasteiger partial charge in [-0.05, 0) is 31.0 Å². The normalized spacial score (nSPS) is 11.2. The number of aromatic hydroxyl groups is 3. The van der Waals surface area contributed by atoms with E-state index < -0.39 is 23.2 Å². The van der Waals surface area contributed by atoms with E-state index in [1.165, 1.54) is 5.56 Å². The third kappa shape index (κ3) is 5.34. The third-order valence-corrected chi connectivity index (χ3v) is 2.72. The first-order valence-corrected chi connectivity index (χ1v) is 6.59. The molecule has 1 atom stereocenters. The molecule has 0 radical (unpaired) electrons. The molecule has 1 unspecified atom stereocenters. The summed E-state index contributed by atoms with van der Waals surface area (Å²) in [5.74, 6) is -3.33. The molecule has 6 heteroatoms. The summed E-state index contributed by atoms with van der Waals surface area (Å²) in [4.78, 5) is 10.3. The van der Waals surface area contributed by atoms with Crippen LogP contribution in [0.5, 0.6) is 17.2 Å². The van der Waals surface area contributed by atoms with E-state index in [-0.39, 0.29) is 11.6 Å². The highest BCUT2D eigenvalue weighted by atomic mass is 16.4. The molecule has 2 aromatic carbocycles. The lowest BCUT2D eigenvalue weighted by molar-refractivity contribution is 0.0696. The number of phenolic OH excluding ortho intramolecular Hbond substituents is 3. The van der Waals surface area contributed by atoms with Gasteiger partial charge in [-0.25, -0.2) is 4.79 Å². The molecule has 0 amide bonds. The van der Waals surface area contributed by atoms with Gasteiger partial charge < -0.3 is 26.2 Å². The van der Waals surface area contributed by atoms with Gasteiger partial charge in [-0.1, -0.05) is 30.3 Å². The van der Waals surface area contributed by atoms with E-state index in [1.54, 1.807) is 0 Å². The van der Waals surface area contributed by atoms with Gasteiger partial charge in [-0.15, -0.1) is 0 Å². The number of nitrogens with two attached hydrogens (primary N) is 1. The first-order chi connectivity index (χ1) is 10.3. The highest BCUT2D eigenvalue weighted by Crippen LogP contribution is 2.35. The molecule has 0 bridgehead atoms. The van der Waals surface area contributed by atoms with Gasteiger partial charge in [0.2, 0.25) is 0 Å². The summed E-state index contributed by atoms with van der Waals surface area (Å²) in [6.45, 7) is 2.02. The number of carboxylic acids is 1. The second kappa shape index (κ2) is 7.90. The Hall–Kier alpha value is -2.73. The van der Waals surface area contributed by atoms with E-state index >= 15 is 0 Å². The van der Waals surface area contributed by atoms with E-state index in [0.717, 1.165) is 18.6 Å². The minimum absolute atomic E-state index is 0.266. The molecule has 118 valence electrons. The van der Waals surface area contributed by atoms with Crippen LogP contribution in [0.2, 0.25) is 0 Å². The van der Waals surface area contributed by atoms with Crippen LogP contribution in [0.3, 0.4) is 0 Å². The van der Waals surface area contributed by atoms with Crippen LogP contribution in [0.25, 0.3) is 0 Å². The van der Waals surface area contributed by atoms with Crippen LogP contribution in [0.4, 0.5) is 0 Å². The number of carboxylic acid groups (broad SMARTS) is 1. The fourth-order valence-corrected chi connectivity index (χ4v) is 1.71. The lowest BCUT2D eigenvalue weighted by atomic mass is 10.1. The summed E-state index contributed by atoms with van der Waals surface area (Å²) in [5, 5.41) is 35.0. The molecule has 0 saturated heterocycles.